The number of anilines is 1. The number of non-ortho nitro benzene ring substituents is 1. The highest BCUT2D eigenvalue weighted by Gasteiger charge is 2.11. The summed E-state index contributed by atoms with van der Waals surface area (Å²) in [7, 11) is 0. The van der Waals surface area contributed by atoms with E-state index in [0.29, 0.717) is 10.7 Å². The van der Waals surface area contributed by atoms with Crippen LogP contribution in [0.15, 0.2) is 48.5 Å². The number of para-hydroxylation sites is 1. The van der Waals surface area contributed by atoms with Crippen LogP contribution in [-0.2, 0) is 14.4 Å². The first-order valence-corrected chi connectivity index (χ1v) is 9.83. The average Bonchev–Trinajstić information content (AvgIpc) is 2.76. The van der Waals surface area contributed by atoms with Gasteiger partial charge in [-0.1, -0.05) is 23.7 Å². The van der Waals surface area contributed by atoms with Gasteiger partial charge in [0.25, 0.3) is 11.6 Å². The minimum atomic E-state index is -0.616. The van der Waals surface area contributed by atoms with Gasteiger partial charge in [-0.3, -0.25) is 40.7 Å². The van der Waals surface area contributed by atoms with Gasteiger partial charge in [0.05, 0.1) is 15.6 Å². The monoisotopic (exact) mass is 479 g/mol. The fourth-order valence-corrected chi connectivity index (χ4v) is 2.55. The van der Waals surface area contributed by atoms with Crippen LogP contribution in [0.1, 0.15) is 12.8 Å². The molecule has 32 heavy (non-hydrogen) atoms. The van der Waals surface area contributed by atoms with Crippen molar-refractivity contribution in [2.75, 3.05) is 11.9 Å². The van der Waals surface area contributed by atoms with Crippen molar-refractivity contribution < 1.29 is 24.0 Å². The van der Waals surface area contributed by atoms with E-state index in [1.807, 2.05) is 0 Å². The van der Waals surface area contributed by atoms with E-state index in [4.69, 9.17) is 28.6 Å². The highest BCUT2D eigenvalue weighted by atomic mass is 35.5. The molecule has 168 valence electrons. The number of carbonyl (C=O) groups excluding carboxylic acids is 3. The van der Waals surface area contributed by atoms with Gasteiger partial charge in [0.2, 0.25) is 11.8 Å². The molecule has 0 radical (unpaired) electrons. The summed E-state index contributed by atoms with van der Waals surface area (Å²) in [4.78, 5) is 45.6. The molecule has 0 aliphatic carbocycles. The van der Waals surface area contributed by atoms with E-state index in [9.17, 15) is 24.5 Å². The number of thiocarbonyl (C=S) groups is 1. The van der Waals surface area contributed by atoms with Crippen LogP contribution in [0.3, 0.4) is 0 Å². The standard InChI is InChI=1S/C19H18ClN5O6S/c20-14-3-1-2-4-15(14)21-16(26)9-10-17(27)23-24-19(32)22-18(28)11-31-13-7-5-12(6-8-13)25(29)30/h1-8H,9-11H2,(H,21,26)(H,23,27)(H2,22,24,28,32). The normalized spacial score (nSPS) is 9.91. The molecule has 3 amide bonds. The number of nitrogens with zero attached hydrogens (tertiary/aromatic N) is 1. The maximum absolute atomic E-state index is 11.9. The summed E-state index contributed by atoms with van der Waals surface area (Å²) in [5, 5.41) is 15.7. The first kappa shape index (κ1) is 24.5. The Balaban J connectivity index is 1.63. The minimum Gasteiger partial charge on any atom is -0.484 e. The van der Waals surface area contributed by atoms with Crippen LogP contribution in [0.4, 0.5) is 11.4 Å². The molecule has 0 fully saturated rings. The highest BCUT2D eigenvalue weighted by molar-refractivity contribution is 7.80. The van der Waals surface area contributed by atoms with E-state index >= 15 is 0 Å². The molecule has 0 bridgehead atoms. The third kappa shape index (κ3) is 8.53. The van der Waals surface area contributed by atoms with Crippen molar-refractivity contribution >= 4 is 58.0 Å². The third-order valence-electron chi connectivity index (χ3n) is 3.71. The number of carbonyl (C=O) groups is 3. The quantitative estimate of drug-likeness (QED) is 0.255. The number of nitrogens with one attached hydrogen (secondary N) is 4. The predicted octanol–water partition coefficient (Wildman–Crippen LogP) is 2.07. The highest BCUT2D eigenvalue weighted by Crippen LogP contribution is 2.20. The maximum Gasteiger partial charge on any atom is 0.269 e. The van der Waals surface area contributed by atoms with Crippen molar-refractivity contribution in [3.05, 3.63) is 63.7 Å². The predicted molar refractivity (Wildman–Crippen MR) is 120 cm³/mol. The Labute approximate surface area is 192 Å². The molecule has 2 aromatic carbocycles. The SMILES string of the molecule is O=C(CCC(=O)Nc1ccccc1Cl)NNC(=S)NC(=O)COc1ccc([N+](=O)[O-])cc1. The van der Waals surface area contributed by atoms with Crippen molar-refractivity contribution in [3.63, 3.8) is 0 Å². The number of benzene rings is 2. The largest absolute Gasteiger partial charge is 0.484 e. The zero-order valence-electron chi connectivity index (χ0n) is 16.4. The maximum atomic E-state index is 11.9. The molecule has 0 aromatic heterocycles. The number of amides is 3. The fraction of sp³-hybridized carbons (Fsp3) is 0.158. The summed E-state index contributed by atoms with van der Waals surface area (Å²) in [6, 6.07) is 11.9. The number of hydrazine groups is 1. The summed E-state index contributed by atoms with van der Waals surface area (Å²) in [5.41, 5.74) is 4.92. The topological polar surface area (TPSA) is 152 Å². The molecule has 0 heterocycles. The molecule has 2 aromatic rings. The zero-order valence-corrected chi connectivity index (χ0v) is 18.0. The molecule has 0 aliphatic heterocycles. The van der Waals surface area contributed by atoms with Crippen LogP contribution < -0.4 is 26.2 Å². The van der Waals surface area contributed by atoms with Gasteiger partial charge in [-0.05, 0) is 36.5 Å². The lowest BCUT2D eigenvalue weighted by molar-refractivity contribution is -0.384. The van der Waals surface area contributed by atoms with Gasteiger partial charge < -0.3 is 10.1 Å². The van der Waals surface area contributed by atoms with Crippen LogP contribution in [0.25, 0.3) is 0 Å². The van der Waals surface area contributed by atoms with E-state index in [2.05, 4.69) is 21.5 Å². The summed E-state index contributed by atoms with van der Waals surface area (Å²) < 4.78 is 5.19. The smallest absolute Gasteiger partial charge is 0.269 e. The molecule has 0 saturated heterocycles. The number of rotatable bonds is 8. The molecule has 2 rings (SSSR count). The Bertz CT molecular complexity index is 1020. The number of halogens is 1. The average molecular weight is 480 g/mol. The molecule has 0 spiro atoms. The second-order valence-corrected chi connectivity index (χ2v) is 6.93. The van der Waals surface area contributed by atoms with E-state index < -0.39 is 29.3 Å². The van der Waals surface area contributed by atoms with E-state index in [0.717, 1.165) is 0 Å². The van der Waals surface area contributed by atoms with Gasteiger partial charge in [-0.2, -0.15) is 0 Å². The van der Waals surface area contributed by atoms with Crippen LogP contribution in [-0.4, -0.2) is 34.4 Å². The summed E-state index contributed by atoms with van der Waals surface area (Å²) in [6.45, 7) is -0.407. The number of hydrogen-bond donors (Lipinski definition) is 4. The number of hydrogen-bond acceptors (Lipinski definition) is 7. The van der Waals surface area contributed by atoms with Gasteiger partial charge in [0, 0.05) is 25.0 Å². The Morgan fingerprint density at radius 3 is 2.28 bits per heavy atom. The van der Waals surface area contributed by atoms with Crippen molar-refractivity contribution in [1.82, 2.24) is 16.2 Å². The van der Waals surface area contributed by atoms with Crippen molar-refractivity contribution in [1.29, 1.82) is 0 Å². The van der Waals surface area contributed by atoms with Gasteiger partial charge in [-0.25, -0.2) is 0 Å². The van der Waals surface area contributed by atoms with E-state index in [1.165, 1.54) is 24.3 Å². The van der Waals surface area contributed by atoms with E-state index in [1.54, 1.807) is 24.3 Å². The number of ether oxygens (including phenoxy) is 1. The zero-order chi connectivity index (χ0) is 23.5. The van der Waals surface area contributed by atoms with Gasteiger partial charge in [0.15, 0.2) is 11.7 Å². The van der Waals surface area contributed by atoms with Crippen LogP contribution in [0.2, 0.25) is 5.02 Å². The summed E-state index contributed by atoms with van der Waals surface area (Å²) in [5.74, 6) is -1.28. The first-order valence-electron chi connectivity index (χ1n) is 9.05. The molecule has 11 nitrogen and oxygen atoms in total. The lowest BCUT2D eigenvalue weighted by atomic mass is 10.2. The molecule has 13 heteroatoms. The number of nitro benzene ring substituents is 1. The second kappa shape index (κ2) is 12.2. The molecule has 0 saturated carbocycles. The Kier molecular flexibility index (Phi) is 9.32. The van der Waals surface area contributed by atoms with Crippen LogP contribution >= 0.6 is 23.8 Å². The van der Waals surface area contributed by atoms with Crippen molar-refractivity contribution in [2.45, 2.75) is 12.8 Å². The van der Waals surface area contributed by atoms with Gasteiger partial charge in [-0.15, -0.1) is 0 Å². The van der Waals surface area contributed by atoms with Gasteiger partial charge in [0.1, 0.15) is 5.75 Å². The minimum absolute atomic E-state index is 0.0963. The lowest BCUT2D eigenvalue weighted by Gasteiger charge is -2.11. The molecular weight excluding hydrogens is 462 g/mol. The Morgan fingerprint density at radius 2 is 1.62 bits per heavy atom. The molecule has 4 N–H and O–H groups in total. The molecule has 0 atom stereocenters. The first-order chi connectivity index (χ1) is 15.2. The molecule has 0 unspecified atom stereocenters. The summed E-state index contributed by atoms with van der Waals surface area (Å²) >= 11 is 10.8. The van der Waals surface area contributed by atoms with Gasteiger partial charge >= 0.3 is 0 Å². The fourth-order valence-electron chi connectivity index (χ4n) is 2.20. The molecular formula is C19H18ClN5O6S. The summed E-state index contributed by atoms with van der Waals surface area (Å²) in [6.07, 6.45) is -0.232. The van der Waals surface area contributed by atoms with Crippen LogP contribution in [0.5, 0.6) is 5.75 Å². The Hall–Kier alpha value is -3.77. The Morgan fingerprint density at radius 1 is 0.969 bits per heavy atom. The van der Waals surface area contributed by atoms with Crippen molar-refractivity contribution in [3.8, 4) is 5.75 Å². The second-order valence-electron chi connectivity index (χ2n) is 6.12. The number of nitro groups is 1. The van der Waals surface area contributed by atoms with E-state index in [-0.39, 0.29) is 29.4 Å². The van der Waals surface area contributed by atoms with Crippen molar-refractivity contribution in [2.24, 2.45) is 0 Å². The third-order valence-corrected chi connectivity index (χ3v) is 4.25. The van der Waals surface area contributed by atoms with Crippen LogP contribution in [0, 0.1) is 10.1 Å². The molecule has 0 aliphatic rings. The lowest BCUT2D eigenvalue weighted by Crippen LogP contribution is -2.49.